The fourth-order valence-corrected chi connectivity index (χ4v) is 3.47. The molecule has 27 heavy (non-hydrogen) atoms. The largest absolute Gasteiger partial charge is 0.489 e. The maximum atomic E-state index is 12.0. The van der Waals surface area contributed by atoms with E-state index < -0.39 is 17.7 Å². The van der Waals surface area contributed by atoms with Gasteiger partial charge < -0.3 is 29.3 Å². The van der Waals surface area contributed by atoms with Crippen LogP contribution in [0.2, 0.25) is 0 Å². The highest BCUT2D eigenvalue weighted by atomic mass is 16.5. The number of nitrogens with zero attached hydrogens (tertiary/aromatic N) is 1. The number of methoxy groups -OCH3 is 1. The first-order chi connectivity index (χ1) is 13.0. The molecule has 1 amide bonds. The first kappa shape index (κ1) is 17.6. The molecule has 0 radical (unpaired) electrons. The van der Waals surface area contributed by atoms with Gasteiger partial charge in [-0.1, -0.05) is 6.08 Å². The molecule has 3 heterocycles. The number of hydrogen-bond donors (Lipinski definition) is 1. The summed E-state index contributed by atoms with van der Waals surface area (Å²) in [6.07, 6.45) is 5.15. The summed E-state index contributed by atoms with van der Waals surface area (Å²) in [6, 6.07) is 7.67. The number of carbonyl (C=O) groups excluding carboxylic acids is 1. The van der Waals surface area contributed by atoms with Crippen molar-refractivity contribution in [3.63, 3.8) is 0 Å². The van der Waals surface area contributed by atoms with Gasteiger partial charge in [0.25, 0.3) is 0 Å². The fourth-order valence-electron chi connectivity index (χ4n) is 3.47. The van der Waals surface area contributed by atoms with E-state index in [1.54, 1.807) is 7.11 Å². The molecule has 7 nitrogen and oxygen atoms in total. The maximum Gasteiger partial charge on any atom is 0.248 e. The third-order valence-electron chi connectivity index (χ3n) is 5.00. The first-order valence-electron chi connectivity index (χ1n) is 8.73. The van der Waals surface area contributed by atoms with Crippen LogP contribution in [0.5, 0.6) is 5.75 Å². The summed E-state index contributed by atoms with van der Waals surface area (Å²) < 4.78 is 22.5. The van der Waals surface area contributed by atoms with Crippen molar-refractivity contribution in [2.24, 2.45) is 5.73 Å². The van der Waals surface area contributed by atoms with Crippen LogP contribution >= 0.6 is 0 Å². The molecule has 0 aliphatic carbocycles. The van der Waals surface area contributed by atoms with Gasteiger partial charge in [-0.2, -0.15) is 0 Å². The van der Waals surface area contributed by atoms with Crippen LogP contribution in [-0.2, 0) is 14.3 Å². The molecule has 0 saturated carbocycles. The second kappa shape index (κ2) is 6.75. The van der Waals surface area contributed by atoms with Crippen LogP contribution in [0.3, 0.4) is 0 Å². The van der Waals surface area contributed by atoms with Crippen LogP contribution in [0.25, 0.3) is 11.0 Å². The van der Waals surface area contributed by atoms with Crippen molar-refractivity contribution in [2.45, 2.75) is 18.7 Å². The van der Waals surface area contributed by atoms with Crippen LogP contribution in [0.15, 0.2) is 52.6 Å². The van der Waals surface area contributed by atoms with E-state index in [2.05, 4.69) is 0 Å². The monoisotopic (exact) mass is 370 g/mol. The van der Waals surface area contributed by atoms with E-state index in [0.717, 1.165) is 28.1 Å². The molecule has 2 aliphatic rings. The van der Waals surface area contributed by atoms with Crippen LogP contribution in [-0.4, -0.2) is 49.5 Å². The standard InChI is InChI=1S/C20H22N2O5/c1-13-8-15-9-16(5-6-17(15)27-13)26-10-14-4-3-7-22(18(14)24-2)20(19(21)23)11-25-12-20/h3-9,18H,10-12H2,1-2H3,(H2,21,23). The molecule has 2 N–H and O–H groups in total. The zero-order chi connectivity index (χ0) is 19.0. The summed E-state index contributed by atoms with van der Waals surface area (Å²) in [5.41, 5.74) is 6.46. The summed E-state index contributed by atoms with van der Waals surface area (Å²) in [6.45, 7) is 2.72. The average molecular weight is 370 g/mol. The van der Waals surface area contributed by atoms with Crippen molar-refractivity contribution in [1.82, 2.24) is 4.90 Å². The lowest BCUT2D eigenvalue weighted by Gasteiger charge is -2.50. The predicted octanol–water partition coefficient (Wildman–Crippen LogP) is 2.10. The molecule has 4 rings (SSSR count). The number of hydrogen-bond acceptors (Lipinski definition) is 6. The number of aryl methyl sites for hydroxylation is 1. The Kier molecular flexibility index (Phi) is 4.41. The number of carbonyl (C=O) groups is 1. The van der Waals surface area contributed by atoms with Crippen molar-refractivity contribution in [1.29, 1.82) is 0 Å². The van der Waals surface area contributed by atoms with E-state index in [4.69, 9.17) is 24.4 Å². The Balaban J connectivity index is 1.51. The van der Waals surface area contributed by atoms with E-state index in [1.165, 1.54) is 0 Å². The Morgan fingerprint density at radius 1 is 1.37 bits per heavy atom. The van der Waals surface area contributed by atoms with Gasteiger partial charge in [0.2, 0.25) is 5.91 Å². The first-order valence-corrected chi connectivity index (χ1v) is 8.73. The lowest BCUT2D eigenvalue weighted by atomic mass is 9.92. The SMILES string of the molecule is COC1C(COc2ccc3oc(C)cc3c2)=CC=CN1C1(C(N)=O)COC1. The third-order valence-corrected chi connectivity index (χ3v) is 5.00. The lowest BCUT2D eigenvalue weighted by Crippen LogP contribution is -2.70. The molecule has 0 spiro atoms. The Hall–Kier alpha value is -2.77. The van der Waals surface area contributed by atoms with Gasteiger partial charge >= 0.3 is 0 Å². The highest BCUT2D eigenvalue weighted by Crippen LogP contribution is 2.32. The molecule has 1 fully saturated rings. The van der Waals surface area contributed by atoms with Crippen molar-refractivity contribution >= 4 is 16.9 Å². The van der Waals surface area contributed by atoms with Gasteiger partial charge in [0.1, 0.15) is 23.7 Å². The number of ether oxygens (including phenoxy) is 3. The molecular weight excluding hydrogens is 348 g/mol. The minimum Gasteiger partial charge on any atom is -0.489 e. The summed E-state index contributed by atoms with van der Waals surface area (Å²) in [5, 5.41) is 0.992. The van der Waals surface area contributed by atoms with Gasteiger partial charge in [0, 0.05) is 24.3 Å². The molecule has 1 atom stereocenters. The third kappa shape index (κ3) is 2.98. The molecule has 1 unspecified atom stereocenters. The van der Waals surface area contributed by atoms with Gasteiger partial charge in [0.15, 0.2) is 11.8 Å². The van der Waals surface area contributed by atoms with Gasteiger partial charge in [-0.05, 0) is 37.3 Å². The second-order valence-corrected chi connectivity index (χ2v) is 6.81. The van der Waals surface area contributed by atoms with Crippen LogP contribution in [0.1, 0.15) is 5.76 Å². The van der Waals surface area contributed by atoms with Gasteiger partial charge in [-0.3, -0.25) is 4.79 Å². The number of allylic oxidation sites excluding steroid dienone is 2. The minimum absolute atomic E-state index is 0.247. The Morgan fingerprint density at radius 2 is 2.19 bits per heavy atom. The normalized spacial score (nSPS) is 21.0. The molecule has 2 aromatic rings. The zero-order valence-electron chi connectivity index (χ0n) is 15.3. The van der Waals surface area contributed by atoms with E-state index in [0.29, 0.717) is 6.61 Å². The highest BCUT2D eigenvalue weighted by molar-refractivity contribution is 5.86. The van der Waals surface area contributed by atoms with Crippen LogP contribution in [0, 0.1) is 6.92 Å². The summed E-state index contributed by atoms with van der Waals surface area (Å²) in [7, 11) is 1.60. The minimum atomic E-state index is -0.885. The summed E-state index contributed by atoms with van der Waals surface area (Å²) in [4.78, 5) is 13.8. The molecule has 7 heteroatoms. The number of fused-ring (bicyclic) bond motifs is 1. The Morgan fingerprint density at radius 3 is 2.85 bits per heavy atom. The lowest BCUT2D eigenvalue weighted by molar-refractivity contribution is -0.180. The average Bonchev–Trinajstić information content (AvgIpc) is 2.98. The van der Waals surface area contributed by atoms with Gasteiger partial charge in [-0.15, -0.1) is 0 Å². The molecule has 1 saturated heterocycles. The Labute approximate surface area is 156 Å². The van der Waals surface area contributed by atoms with Crippen molar-refractivity contribution in [3.8, 4) is 5.75 Å². The number of furan rings is 1. The number of nitrogens with two attached hydrogens (primary N) is 1. The topological polar surface area (TPSA) is 87.2 Å². The summed E-state index contributed by atoms with van der Waals surface area (Å²) in [5.74, 6) is 1.16. The predicted molar refractivity (Wildman–Crippen MR) is 99.0 cm³/mol. The fraction of sp³-hybridized carbons (Fsp3) is 0.350. The van der Waals surface area contributed by atoms with Crippen molar-refractivity contribution in [2.75, 3.05) is 26.9 Å². The molecule has 142 valence electrons. The van der Waals surface area contributed by atoms with Gasteiger partial charge in [-0.25, -0.2) is 0 Å². The smallest absolute Gasteiger partial charge is 0.248 e. The Bertz CT molecular complexity index is 926. The van der Waals surface area contributed by atoms with E-state index in [9.17, 15) is 4.79 Å². The quantitative estimate of drug-likeness (QED) is 0.838. The number of amides is 1. The van der Waals surface area contributed by atoms with Crippen LogP contribution < -0.4 is 10.5 Å². The van der Waals surface area contributed by atoms with Crippen molar-refractivity contribution in [3.05, 3.63) is 54.0 Å². The van der Waals surface area contributed by atoms with Crippen molar-refractivity contribution < 1.29 is 23.4 Å². The molecular formula is C20H22N2O5. The number of rotatable bonds is 6. The second-order valence-electron chi connectivity index (χ2n) is 6.81. The zero-order valence-corrected chi connectivity index (χ0v) is 15.3. The summed E-state index contributed by atoms with van der Waals surface area (Å²) >= 11 is 0. The number of benzene rings is 1. The molecule has 0 bridgehead atoms. The maximum absolute atomic E-state index is 12.0. The van der Waals surface area contributed by atoms with Crippen LogP contribution in [0.4, 0.5) is 0 Å². The van der Waals surface area contributed by atoms with Gasteiger partial charge in [0.05, 0.1) is 13.2 Å². The van der Waals surface area contributed by atoms with E-state index in [1.807, 2.05) is 54.4 Å². The number of primary amides is 1. The van der Waals surface area contributed by atoms with E-state index in [-0.39, 0.29) is 13.2 Å². The molecule has 2 aliphatic heterocycles. The molecule has 1 aromatic heterocycles. The van der Waals surface area contributed by atoms with E-state index >= 15 is 0 Å². The highest BCUT2D eigenvalue weighted by Gasteiger charge is 2.52. The molecule has 1 aromatic carbocycles.